The predicted molar refractivity (Wildman–Crippen MR) is 94.8 cm³/mol. The first-order valence-electron chi connectivity index (χ1n) is 8.33. The summed E-state index contributed by atoms with van der Waals surface area (Å²) in [5, 5.41) is 0. The predicted octanol–water partition coefficient (Wildman–Crippen LogP) is 2.53. The van der Waals surface area contributed by atoms with E-state index in [0.717, 1.165) is 31.4 Å². The van der Waals surface area contributed by atoms with Crippen molar-refractivity contribution in [2.24, 2.45) is 0 Å². The molecule has 0 aliphatic carbocycles. The molecule has 0 saturated carbocycles. The summed E-state index contributed by atoms with van der Waals surface area (Å²) in [7, 11) is 5.88. The number of hydrogen-bond acceptors (Lipinski definition) is 5. The van der Waals surface area contributed by atoms with Gasteiger partial charge in [-0.3, -0.25) is 4.90 Å². The van der Waals surface area contributed by atoms with Gasteiger partial charge in [-0.2, -0.15) is 4.98 Å². The third-order valence-electron chi connectivity index (χ3n) is 4.53. The van der Waals surface area contributed by atoms with Crippen LogP contribution in [0.3, 0.4) is 0 Å². The lowest BCUT2D eigenvalue weighted by molar-refractivity contribution is 0.324. The van der Waals surface area contributed by atoms with Gasteiger partial charge in [-0.05, 0) is 30.2 Å². The highest BCUT2D eigenvalue weighted by atomic mass is 19.1. The lowest BCUT2D eigenvalue weighted by Gasteiger charge is -2.25. The van der Waals surface area contributed by atoms with Crippen molar-refractivity contribution >= 4 is 11.8 Å². The van der Waals surface area contributed by atoms with Crippen LogP contribution in [-0.2, 0) is 6.54 Å². The molecule has 134 valence electrons. The Bertz CT molecular complexity index is 717. The van der Waals surface area contributed by atoms with Crippen LogP contribution in [0.25, 0.3) is 0 Å². The topological polar surface area (TPSA) is 35.5 Å². The zero-order valence-electron chi connectivity index (χ0n) is 14.8. The van der Waals surface area contributed by atoms with Crippen molar-refractivity contribution in [2.75, 3.05) is 44.0 Å². The molecule has 2 heterocycles. The summed E-state index contributed by atoms with van der Waals surface area (Å²) in [5.74, 6) is 0.491. The van der Waals surface area contributed by atoms with Crippen LogP contribution in [0.2, 0.25) is 0 Å². The van der Waals surface area contributed by atoms with Crippen LogP contribution in [0.4, 0.5) is 20.5 Å². The van der Waals surface area contributed by atoms with Gasteiger partial charge in [-0.25, -0.2) is 13.8 Å². The third-order valence-corrected chi connectivity index (χ3v) is 4.53. The Morgan fingerprint density at radius 3 is 2.56 bits per heavy atom. The van der Waals surface area contributed by atoms with Crippen molar-refractivity contribution in [3.05, 3.63) is 47.7 Å². The molecule has 2 aromatic rings. The largest absolute Gasteiger partial charge is 0.363 e. The van der Waals surface area contributed by atoms with Gasteiger partial charge in [0.2, 0.25) is 5.95 Å². The number of rotatable bonds is 5. The van der Waals surface area contributed by atoms with E-state index in [1.54, 1.807) is 6.20 Å². The molecule has 0 amide bonds. The molecular weight excluding hydrogens is 324 g/mol. The van der Waals surface area contributed by atoms with Crippen LogP contribution < -0.4 is 9.80 Å². The maximum absolute atomic E-state index is 13.3. The van der Waals surface area contributed by atoms with E-state index in [0.29, 0.717) is 18.1 Å². The molecule has 7 heteroatoms. The first kappa shape index (κ1) is 17.5. The van der Waals surface area contributed by atoms with Gasteiger partial charge in [0.15, 0.2) is 0 Å². The smallest absolute Gasteiger partial charge is 0.227 e. The van der Waals surface area contributed by atoms with Crippen LogP contribution in [-0.4, -0.2) is 55.1 Å². The van der Waals surface area contributed by atoms with E-state index in [2.05, 4.69) is 19.8 Å². The molecule has 0 N–H and O–H groups in total. The highest BCUT2D eigenvalue weighted by molar-refractivity contribution is 5.42. The van der Waals surface area contributed by atoms with Crippen LogP contribution in [0.1, 0.15) is 12.0 Å². The fourth-order valence-electron chi connectivity index (χ4n) is 3.15. The van der Waals surface area contributed by atoms with Gasteiger partial charge >= 0.3 is 0 Å². The summed E-state index contributed by atoms with van der Waals surface area (Å²) in [5.41, 5.74) is 0.659. The Morgan fingerprint density at radius 1 is 1.16 bits per heavy atom. The van der Waals surface area contributed by atoms with Crippen molar-refractivity contribution in [1.29, 1.82) is 0 Å². The van der Waals surface area contributed by atoms with Crippen LogP contribution in [0, 0.1) is 11.6 Å². The molecule has 1 fully saturated rings. The van der Waals surface area contributed by atoms with Gasteiger partial charge in [0, 0.05) is 59.1 Å². The number of nitrogens with zero attached hydrogens (tertiary/aromatic N) is 5. The van der Waals surface area contributed by atoms with Crippen molar-refractivity contribution in [3.63, 3.8) is 0 Å². The second kappa shape index (κ2) is 7.31. The maximum Gasteiger partial charge on any atom is 0.227 e. The molecule has 0 spiro atoms. The van der Waals surface area contributed by atoms with Crippen molar-refractivity contribution in [3.8, 4) is 0 Å². The lowest BCUT2D eigenvalue weighted by Crippen LogP contribution is -2.35. The van der Waals surface area contributed by atoms with Crippen molar-refractivity contribution in [2.45, 2.75) is 19.0 Å². The number of aromatic nitrogens is 2. The average Bonchev–Trinajstić information content (AvgIpc) is 3.01. The molecule has 25 heavy (non-hydrogen) atoms. The molecule has 1 saturated heterocycles. The fourth-order valence-corrected chi connectivity index (χ4v) is 3.15. The van der Waals surface area contributed by atoms with E-state index in [9.17, 15) is 8.78 Å². The number of likely N-dealkylation sites (tertiary alicyclic amines) is 1. The molecule has 1 aliphatic rings. The summed E-state index contributed by atoms with van der Waals surface area (Å²) < 4.78 is 26.7. The first-order valence-corrected chi connectivity index (χ1v) is 8.33. The molecule has 5 nitrogen and oxygen atoms in total. The monoisotopic (exact) mass is 347 g/mol. The minimum absolute atomic E-state index is 0.274. The molecule has 0 radical (unpaired) electrons. The van der Waals surface area contributed by atoms with Gasteiger partial charge < -0.3 is 9.80 Å². The number of hydrogen-bond donors (Lipinski definition) is 0. The minimum Gasteiger partial charge on any atom is -0.363 e. The second-order valence-corrected chi connectivity index (χ2v) is 6.68. The van der Waals surface area contributed by atoms with Gasteiger partial charge in [0.25, 0.3) is 0 Å². The number of anilines is 2. The van der Waals surface area contributed by atoms with Crippen LogP contribution in [0.5, 0.6) is 0 Å². The van der Waals surface area contributed by atoms with Crippen molar-refractivity contribution < 1.29 is 8.78 Å². The Balaban J connectivity index is 1.65. The Morgan fingerprint density at radius 2 is 1.88 bits per heavy atom. The minimum atomic E-state index is -0.531. The summed E-state index contributed by atoms with van der Waals surface area (Å²) in [4.78, 5) is 15.2. The average molecular weight is 347 g/mol. The Kier molecular flexibility index (Phi) is 5.13. The zero-order chi connectivity index (χ0) is 18.0. The lowest BCUT2D eigenvalue weighted by atomic mass is 10.2. The SMILES string of the molecule is CN(C)c1ccnc(N(C)C2CCN(Cc3cc(F)cc(F)c3)C2)n1. The summed E-state index contributed by atoms with van der Waals surface area (Å²) >= 11 is 0. The highest BCUT2D eigenvalue weighted by Gasteiger charge is 2.27. The van der Waals surface area contributed by atoms with Gasteiger partial charge in [-0.1, -0.05) is 0 Å². The normalized spacial score (nSPS) is 17.7. The number of benzene rings is 1. The first-order chi connectivity index (χ1) is 11.9. The number of likely N-dealkylation sites (N-methyl/N-ethyl adjacent to an activating group) is 1. The molecular formula is C18H23F2N5. The second-order valence-electron chi connectivity index (χ2n) is 6.68. The quantitative estimate of drug-likeness (QED) is 0.831. The molecule has 1 aromatic carbocycles. The zero-order valence-corrected chi connectivity index (χ0v) is 14.8. The highest BCUT2D eigenvalue weighted by Crippen LogP contribution is 2.22. The van der Waals surface area contributed by atoms with E-state index in [4.69, 9.17) is 0 Å². The third kappa shape index (κ3) is 4.22. The van der Waals surface area contributed by atoms with Gasteiger partial charge in [0.05, 0.1) is 0 Å². The van der Waals surface area contributed by atoms with E-state index < -0.39 is 11.6 Å². The summed E-state index contributed by atoms with van der Waals surface area (Å²) in [6, 6.07) is 5.83. The van der Waals surface area contributed by atoms with Gasteiger partial charge in [0.1, 0.15) is 17.5 Å². The standard InChI is InChI=1S/C18H23F2N5/c1-23(2)17-4-6-21-18(22-17)24(3)16-5-7-25(12-16)11-13-8-14(19)10-15(20)9-13/h4,6,8-10,16H,5,7,11-12H2,1-3H3. The van der Waals surface area contributed by atoms with Gasteiger partial charge in [-0.15, -0.1) is 0 Å². The van der Waals surface area contributed by atoms with Crippen LogP contribution >= 0.6 is 0 Å². The van der Waals surface area contributed by atoms with Crippen LogP contribution in [0.15, 0.2) is 30.5 Å². The van der Waals surface area contributed by atoms with E-state index in [1.165, 1.54) is 12.1 Å². The van der Waals surface area contributed by atoms with Crippen molar-refractivity contribution in [1.82, 2.24) is 14.9 Å². The van der Waals surface area contributed by atoms with E-state index in [-0.39, 0.29) is 6.04 Å². The van der Waals surface area contributed by atoms with E-state index >= 15 is 0 Å². The Hall–Kier alpha value is -2.28. The fraction of sp³-hybridized carbons (Fsp3) is 0.444. The summed E-state index contributed by atoms with van der Waals surface area (Å²) in [6.45, 7) is 2.22. The molecule has 1 aliphatic heterocycles. The van der Waals surface area contributed by atoms with E-state index in [1.807, 2.05) is 32.1 Å². The summed E-state index contributed by atoms with van der Waals surface area (Å²) in [6.07, 6.45) is 2.72. The molecule has 1 aromatic heterocycles. The molecule has 1 atom stereocenters. The molecule has 3 rings (SSSR count). The molecule has 0 bridgehead atoms. The number of halogens is 2. The maximum atomic E-state index is 13.3. The Labute approximate surface area is 146 Å². The molecule has 1 unspecified atom stereocenters.